The summed E-state index contributed by atoms with van der Waals surface area (Å²) in [5.74, 6) is 0.454. The fraction of sp³-hybridized carbons (Fsp3) is 0.556. The maximum Gasteiger partial charge on any atom is 0.232 e. The van der Waals surface area contributed by atoms with Crippen molar-refractivity contribution in [2.75, 3.05) is 0 Å². The van der Waals surface area contributed by atoms with Gasteiger partial charge >= 0.3 is 0 Å². The first kappa shape index (κ1) is 12.6. The van der Waals surface area contributed by atoms with Gasteiger partial charge in [0.2, 0.25) is 5.91 Å². The minimum absolute atomic E-state index is 0.169. The summed E-state index contributed by atoms with van der Waals surface area (Å²) in [6, 6.07) is 0. The topological polar surface area (TPSA) is 85.8 Å². The molecule has 3 N–H and O–H groups in total. The minimum atomic E-state index is -0.853. The number of thiocarbonyl (C=S) groups is 1. The van der Waals surface area contributed by atoms with Gasteiger partial charge < -0.3 is 15.6 Å². The summed E-state index contributed by atoms with van der Waals surface area (Å²) in [5.41, 5.74) is 4.63. The van der Waals surface area contributed by atoms with Crippen LogP contribution in [0, 0.1) is 5.41 Å². The van der Waals surface area contributed by atoms with E-state index in [1.54, 1.807) is 31.8 Å². The van der Waals surface area contributed by atoms with Crippen molar-refractivity contribution in [3.05, 3.63) is 12.2 Å². The summed E-state index contributed by atoms with van der Waals surface area (Å²) in [4.78, 5) is 11.9. The van der Waals surface area contributed by atoms with Crippen molar-refractivity contribution in [2.45, 2.75) is 20.4 Å². The highest BCUT2D eigenvalue weighted by atomic mass is 32.1. The number of carbonyl (C=O) groups excluding carboxylic acids is 1. The van der Waals surface area contributed by atoms with E-state index < -0.39 is 5.41 Å². The molecule has 1 aromatic rings. The molecule has 0 atom stereocenters. The Bertz CT molecular complexity index is 412. The van der Waals surface area contributed by atoms with Crippen molar-refractivity contribution >= 4 is 23.1 Å². The predicted molar refractivity (Wildman–Crippen MR) is 63.4 cm³/mol. The third kappa shape index (κ3) is 2.54. The molecule has 0 fully saturated rings. The molecule has 1 heterocycles. The molecule has 0 saturated carbocycles. The van der Waals surface area contributed by atoms with Crippen LogP contribution >= 0.6 is 12.2 Å². The zero-order valence-electron chi connectivity index (χ0n) is 9.52. The number of aromatic nitrogens is 3. The Morgan fingerprint density at radius 3 is 2.75 bits per heavy atom. The zero-order valence-corrected chi connectivity index (χ0v) is 10.3. The van der Waals surface area contributed by atoms with Crippen molar-refractivity contribution in [1.29, 1.82) is 0 Å². The van der Waals surface area contributed by atoms with Gasteiger partial charge in [0.15, 0.2) is 5.82 Å². The van der Waals surface area contributed by atoms with E-state index in [9.17, 15) is 4.79 Å². The van der Waals surface area contributed by atoms with Gasteiger partial charge in [0.1, 0.15) is 6.33 Å². The van der Waals surface area contributed by atoms with Gasteiger partial charge in [-0.3, -0.25) is 4.79 Å². The van der Waals surface area contributed by atoms with Crippen molar-refractivity contribution in [2.24, 2.45) is 18.2 Å². The normalized spacial score (nSPS) is 11.2. The Hall–Kier alpha value is -1.50. The average molecular weight is 241 g/mol. The average Bonchev–Trinajstić information content (AvgIpc) is 2.60. The monoisotopic (exact) mass is 241 g/mol. The molecule has 6 nitrogen and oxygen atoms in total. The van der Waals surface area contributed by atoms with Crippen molar-refractivity contribution in [1.82, 2.24) is 20.1 Å². The fourth-order valence-corrected chi connectivity index (χ4v) is 1.05. The van der Waals surface area contributed by atoms with E-state index in [1.165, 1.54) is 0 Å². The number of aryl methyl sites for hydroxylation is 1. The lowest BCUT2D eigenvalue weighted by molar-refractivity contribution is -0.126. The number of hydrogen-bond donors (Lipinski definition) is 2. The molecule has 0 unspecified atom stereocenters. The minimum Gasteiger partial charge on any atom is -0.392 e. The van der Waals surface area contributed by atoms with Gasteiger partial charge in [0.25, 0.3) is 0 Å². The second-order valence-electron chi connectivity index (χ2n) is 4.03. The second kappa shape index (κ2) is 4.56. The first-order valence-corrected chi connectivity index (χ1v) is 5.17. The number of nitrogens with one attached hydrogen (secondary N) is 1. The molecule has 1 rings (SSSR count). The molecule has 0 aliphatic rings. The van der Waals surface area contributed by atoms with Crippen LogP contribution in [0.4, 0.5) is 0 Å². The Labute approximate surface area is 99.2 Å². The number of hydrogen-bond acceptors (Lipinski definition) is 4. The number of amides is 1. The molecule has 7 heteroatoms. The zero-order chi connectivity index (χ0) is 12.3. The van der Waals surface area contributed by atoms with Crippen LogP contribution in [0.5, 0.6) is 0 Å². The largest absolute Gasteiger partial charge is 0.392 e. The standard InChI is InChI=1S/C9H15N5OS/c1-9(2,7(10)16)8(15)11-4-6-13-12-5-14(6)3/h5H,4H2,1-3H3,(H2,10,16)(H,11,15). The molecule has 1 amide bonds. The number of nitrogens with two attached hydrogens (primary N) is 1. The van der Waals surface area contributed by atoms with Crippen LogP contribution in [-0.4, -0.2) is 25.7 Å². The van der Waals surface area contributed by atoms with Gasteiger partial charge in [-0.15, -0.1) is 10.2 Å². The van der Waals surface area contributed by atoms with E-state index in [4.69, 9.17) is 18.0 Å². The predicted octanol–water partition coefficient (Wildman–Crippen LogP) is -0.256. The van der Waals surface area contributed by atoms with Gasteiger partial charge in [-0.25, -0.2) is 0 Å². The van der Waals surface area contributed by atoms with Crippen LogP contribution in [0.25, 0.3) is 0 Å². The lowest BCUT2D eigenvalue weighted by atomic mass is 9.92. The van der Waals surface area contributed by atoms with Crippen molar-refractivity contribution in [3.63, 3.8) is 0 Å². The molecule has 0 aliphatic carbocycles. The summed E-state index contributed by atoms with van der Waals surface area (Å²) < 4.78 is 1.73. The highest BCUT2D eigenvalue weighted by Crippen LogP contribution is 2.15. The van der Waals surface area contributed by atoms with E-state index in [-0.39, 0.29) is 10.9 Å². The Morgan fingerprint density at radius 2 is 2.31 bits per heavy atom. The van der Waals surface area contributed by atoms with Gasteiger partial charge in [-0.1, -0.05) is 12.2 Å². The lowest BCUT2D eigenvalue weighted by Gasteiger charge is -2.21. The van der Waals surface area contributed by atoms with Gasteiger partial charge in [-0.2, -0.15) is 0 Å². The van der Waals surface area contributed by atoms with E-state index in [1.807, 2.05) is 0 Å². The summed E-state index contributed by atoms with van der Waals surface area (Å²) in [7, 11) is 1.81. The smallest absolute Gasteiger partial charge is 0.232 e. The molecule has 0 spiro atoms. The number of nitrogens with zero attached hydrogens (tertiary/aromatic N) is 3. The second-order valence-corrected chi connectivity index (χ2v) is 4.47. The summed E-state index contributed by atoms with van der Waals surface area (Å²) in [6.45, 7) is 3.67. The number of carbonyl (C=O) groups is 1. The van der Waals surface area contributed by atoms with Gasteiger partial charge in [0, 0.05) is 7.05 Å². The lowest BCUT2D eigenvalue weighted by Crippen LogP contribution is -2.44. The Morgan fingerprint density at radius 1 is 1.69 bits per heavy atom. The quantitative estimate of drug-likeness (QED) is 0.710. The first-order chi connectivity index (χ1) is 7.35. The Kier molecular flexibility index (Phi) is 3.58. The van der Waals surface area contributed by atoms with E-state index in [0.29, 0.717) is 12.4 Å². The molecule has 1 aromatic heterocycles. The van der Waals surface area contributed by atoms with E-state index >= 15 is 0 Å². The molecule has 0 saturated heterocycles. The van der Waals surface area contributed by atoms with Crippen molar-refractivity contribution < 1.29 is 4.79 Å². The first-order valence-electron chi connectivity index (χ1n) is 4.76. The Balaban J connectivity index is 2.60. The third-order valence-corrected chi connectivity index (χ3v) is 2.91. The summed E-state index contributed by atoms with van der Waals surface area (Å²) in [5, 5.41) is 10.3. The van der Waals surface area contributed by atoms with Crippen LogP contribution in [0.15, 0.2) is 6.33 Å². The van der Waals surface area contributed by atoms with Crippen molar-refractivity contribution in [3.8, 4) is 0 Å². The number of rotatable bonds is 4. The summed E-state index contributed by atoms with van der Waals surface area (Å²) >= 11 is 4.83. The highest BCUT2D eigenvalue weighted by molar-refractivity contribution is 7.80. The van der Waals surface area contributed by atoms with Crippen LogP contribution in [0.2, 0.25) is 0 Å². The molecule has 0 aromatic carbocycles. The summed E-state index contributed by atoms with van der Waals surface area (Å²) in [6.07, 6.45) is 1.57. The maximum atomic E-state index is 11.8. The van der Waals surface area contributed by atoms with Crippen LogP contribution < -0.4 is 11.1 Å². The van der Waals surface area contributed by atoms with Crippen LogP contribution in [-0.2, 0) is 18.4 Å². The molecule has 88 valence electrons. The molecule has 16 heavy (non-hydrogen) atoms. The highest BCUT2D eigenvalue weighted by Gasteiger charge is 2.30. The molecule has 0 radical (unpaired) electrons. The third-order valence-electron chi connectivity index (χ3n) is 2.40. The van der Waals surface area contributed by atoms with E-state index in [0.717, 1.165) is 0 Å². The SMILES string of the molecule is Cn1cnnc1CNC(=O)C(C)(C)C(N)=S. The van der Waals surface area contributed by atoms with Gasteiger partial charge in [0.05, 0.1) is 16.9 Å². The molecular formula is C9H15N5OS. The van der Waals surface area contributed by atoms with Crippen LogP contribution in [0.1, 0.15) is 19.7 Å². The molecule has 0 bridgehead atoms. The molecule has 0 aliphatic heterocycles. The van der Waals surface area contributed by atoms with Gasteiger partial charge in [-0.05, 0) is 13.8 Å². The fourth-order valence-electron chi connectivity index (χ4n) is 0.959. The maximum absolute atomic E-state index is 11.8. The molecular weight excluding hydrogens is 226 g/mol. The van der Waals surface area contributed by atoms with Crippen LogP contribution in [0.3, 0.4) is 0 Å². The van der Waals surface area contributed by atoms with E-state index in [2.05, 4.69) is 15.5 Å².